The Balaban J connectivity index is 0.000000405. The number of rotatable bonds is 11. The monoisotopic (exact) mass is 927 g/mol. The molecule has 0 spiro atoms. The summed E-state index contributed by atoms with van der Waals surface area (Å²) in [4.78, 5) is 1.72. The van der Waals surface area contributed by atoms with Gasteiger partial charge in [0.25, 0.3) is 0 Å². The third-order valence-electron chi connectivity index (χ3n) is 9.95. The van der Waals surface area contributed by atoms with Gasteiger partial charge in [-0.1, -0.05) is 58.9 Å². The zero-order valence-electron chi connectivity index (χ0n) is 32.9. The molecule has 0 fully saturated rings. The number of aryl methyl sites for hydroxylation is 1. The van der Waals surface area contributed by atoms with Crippen molar-refractivity contribution >= 4 is 28.0 Å². The van der Waals surface area contributed by atoms with E-state index in [2.05, 4.69) is 58.9 Å². The minimum atomic E-state index is -7.22. The fourth-order valence-corrected chi connectivity index (χ4v) is 7.50. The van der Waals surface area contributed by atoms with Crippen molar-refractivity contribution in [2.45, 2.75) is 47.6 Å². The van der Waals surface area contributed by atoms with Crippen molar-refractivity contribution in [1.29, 1.82) is 0 Å². The highest BCUT2D eigenvalue weighted by Crippen LogP contribution is 2.30. The maximum Gasteiger partial charge on any atom is 0.200 e. The smallest absolute Gasteiger partial charge is 0.200 e. The van der Waals surface area contributed by atoms with E-state index in [1.54, 1.807) is 4.90 Å². The van der Waals surface area contributed by atoms with Crippen LogP contribution in [0.15, 0.2) is 24.3 Å². The standard InChI is InChI=1S/C24BF20.C17H29N/c26-5-1(6(27)14(35)21(42)13(5)34)25(2-7(28)15(36)22(43)16(37)8(2)29,3-9(30)17(38)23(44)18(39)10(3)31)4-11(32)19(40)24(45)20(41)12(4)33;1-6-16-8-7-9-17(10-16)13-18(11-14(2)3)12-15(4)5/h;7-10,14-15H,6,11-13H2,1-5H3/q-1;/p+1. The van der Waals surface area contributed by atoms with Gasteiger partial charge >= 0.3 is 0 Å². The molecule has 0 unspecified atom stereocenters. The van der Waals surface area contributed by atoms with Crippen LogP contribution in [-0.4, -0.2) is 19.2 Å². The molecule has 0 bridgehead atoms. The Morgan fingerprint density at radius 3 is 0.810 bits per heavy atom. The minimum Gasteiger partial charge on any atom is -0.331 e. The summed E-state index contributed by atoms with van der Waals surface area (Å²) in [6.45, 7) is 15.2. The Bertz CT molecular complexity index is 2170. The Hall–Kier alpha value is -5.28. The molecule has 0 saturated heterocycles. The Kier molecular flexibility index (Phi) is 15.4. The molecular formula is C41H30BF20N. The first-order valence-electron chi connectivity index (χ1n) is 18.4. The molecule has 0 aliphatic heterocycles. The van der Waals surface area contributed by atoms with Gasteiger partial charge in [-0.15, -0.1) is 21.9 Å². The average Bonchev–Trinajstić information content (AvgIpc) is 3.23. The van der Waals surface area contributed by atoms with Gasteiger partial charge in [-0.05, 0) is 12.0 Å². The van der Waals surface area contributed by atoms with Crippen LogP contribution in [0.25, 0.3) is 0 Å². The summed E-state index contributed by atoms with van der Waals surface area (Å²) < 4.78 is 294. The van der Waals surface area contributed by atoms with Gasteiger partial charge in [0.2, 0.25) is 0 Å². The van der Waals surface area contributed by atoms with Crippen LogP contribution in [0.4, 0.5) is 87.8 Å². The minimum absolute atomic E-state index is 0.771. The maximum atomic E-state index is 15.4. The highest BCUT2D eigenvalue weighted by molar-refractivity contribution is 7.20. The lowest BCUT2D eigenvalue weighted by molar-refractivity contribution is -0.919. The first kappa shape index (κ1) is 50.4. The normalized spacial score (nSPS) is 11.9. The summed E-state index contributed by atoms with van der Waals surface area (Å²) >= 11 is 0. The van der Waals surface area contributed by atoms with Crippen LogP contribution in [0.1, 0.15) is 45.7 Å². The van der Waals surface area contributed by atoms with Crippen molar-refractivity contribution in [2.75, 3.05) is 13.1 Å². The van der Waals surface area contributed by atoms with Gasteiger partial charge < -0.3 is 4.90 Å². The van der Waals surface area contributed by atoms with Crippen LogP contribution in [-0.2, 0) is 13.0 Å². The number of hydrogen-bond donors (Lipinski definition) is 1. The number of benzene rings is 5. The highest BCUT2D eigenvalue weighted by atomic mass is 19.2. The van der Waals surface area contributed by atoms with E-state index in [1.807, 2.05) is 0 Å². The second-order valence-corrected chi connectivity index (χ2v) is 15.1. The van der Waals surface area contributed by atoms with Crippen molar-refractivity contribution < 1.29 is 92.7 Å². The molecule has 0 aliphatic carbocycles. The molecular weight excluding hydrogens is 897 g/mol. The molecule has 0 aliphatic rings. The maximum absolute atomic E-state index is 15.4. The first-order valence-corrected chi connectivity index (χ1v) is 18.4. The molecule has 5 rings (SSSR count). The molecule has 0 radical (unpaired) electrons. The van der Waals surface area contributed by atoms with Gasteiger partial charge in [0.1, 0.15) is 59.2 Å². The van der Waals surface area contributed by atoms with Gasteiger partial charge in [0, 0.05) is 17.4 Å². The van der Waals surface area contributed by atoms with Gasteiger partial charge in [-0.25, -0.2) is 87.8 Å². The van der Waals surface area contributed by atoms with E-state index >= 15 is 35.1 Å². The van der Waals surface area contributed by atoms with E-state index < -0.39 is 144 Å². The molecule has 22 heteroatoms. The summed E-state index contributed by atoms with van der Waals surface area (Å²) in [7, 11) is 0. The largest absolute Gasteiger partial charge is 0.331 e. The zero-order chi connectivity index (χ0) is 47.9. The molecule has 0 amide bonds. The third kappa shape index (κ3) is 8.83. The van der Waals surface area contributed by atoms with E-state index in [0.29, 0.717) is 0 Å². The molecule has 0 atom stereocenters. The second-order valence-electron chi connectivity index (χ2n) is 15.1. The topological polar surface area (TPSA) is 4.44 Å². The number of halogens is 20. The van der Waals surface area contributed by atoms with Crippen LogP contribution < -0.4 is 26.8 Å². The summed E-state index contributed by atoms with van der Waals surface area (Å²) in [5, 5.41) is 0. The summed E-state index contributed by atoms with van der Waals surface area (Å²) in [6.07, 6.45) is -6.08. The Morgan fingerprint density at radius 2 is 0.587 bits per heavy atom. The fourth-order valence-electron chi connectivity index (χ4n) is 7.50. The average molecular weight is 927 g/mol. The van der Waals surface area contributed by atoms with Gasteiger partial charge in [0.15, 0.2) is 69.8 Å². The van der Waals surface area contributed by atoms with Crippen LogP contribution in [0, 0.1) is 128 Å². The van der Waals surface area contributed by atoms with Crippen molar-refractivity contribution in [2.24, 2.45) is 11.8 Å². The Morgan fingerprint density at radius 1 is 0.365 bits per heavy atom. The molecule has 0 saturated carbocycles. The second kappa shape index (κ2) is 19.2. The van der Waals surface area contributed by atoms with E-state index in [9.17, 15) is 52.7 Å². The summed E-state index contributed by atoms with van der Waals surface area (Å²) in [5.41, 5.74) is -11.4. The van der Waals surface area contributed by atoms with E-state index in [0.717, 1.165) is 18.3 Å². The first-order chi connectivity index (χ1) is 29.2. The van der Waals surface area contributed by atoms with Gasteiger partial charge in [-0.3, -0.25) is 0 Å². The Labute approximate surface area is 344 Å². The van der Waals surface area contributed by atoms with E-state index in [1.165, 1.54) is 30.8 Å². The molecule has 1 nitrogen and oxygen atoms in total. The van der Waals surface area contributed by atoms with Crippen LogP contribution in [0.3, 0.4) is 0 Å². The lowest BCUT2D eigenvalue weighted by atomic mass is 9.12. The predicted molar refractivity (Wildman–Crippen MR) is 189 cm³/mol. The summed E-state index contributed by atoms with van der Waals surface area (Å²) in [5.74, 6) is -69.9. The molecule has 1 N–H and O–H groups in total. The molecule has 342 valence electrons. The van der Waals surface area contributed by atoms with E-state index in [-0.39, 0.29) is 0 Å². The van der Waals surface area contributed by atoms with Crippen molar-refractivity contribution in [1.82, 2.24) is 0 Å². The fraction of sp³-hybridized carbons (Fsp3) is 0.268. The molecule has 0 aromatic heterocycles. The van der Waals surface area contributed by atoms with Crippen molar-refractivity contribution in [3.05, 3.63) is 152 Å². The molecule has 5 aromatic rings. The predicted octanol–water partition coefficient (Wildman–Crippen LogP) is 8.79. The lowest BCUT2D eigenvalue weighted by Crippen LogP contribution is -3.11. The van der Waals surface area contributed by atoms with Crippen LogP contribution >= 0.6 is 0 Å². The number of nitrogens with one attached hydrogen (secondary N) is 1. The third-order valence-corrected chi connectivity index (χ3v) is 9.95. The van der Waals surface area contributed by atoms with Gasteiger partial charge in [-0.2, -0.15) is 0 Å². The van der Waals surface area contributed by atoms with Crippen LogP contribution in [0.2, 0.25) is 0 Å². The zero-order valence-corrected chi connectivity index (χ0v) is 32.9. The molecule has 63 heavy (non-hydrogen) atoms. The van der Waals surface area contributed by atoms with E-state index in [4.69, 9.17) is 0 Å². The SMILES string of the molecule is CCc1cccc(C[NH+](CC(C)C)CC(C)C)c1.Fc1c(F)c(F)c([B-](c2c(F)c(F)c(F)c(F)c2F)(c2c(F)c(F)c(F)c(F)c2F)c2c(F)c(F)c(F)c(F)c2F)c(F)c1F. The lowest BCUT2D eigenvalue weighted by Gasteiger charge is -2.44. The molecule has 0 heterocycles. The highest BCUT2D eigenvalue weighted by Gasteiger charge is 2.52. The molecule has 5 aromatic carbocycles. The van der Waals surface area contributed by atoms with Crippen molar-refractivity contribution in [3.63, 3.8) is 0 Å². The number of hydrogen-bond acceptors (Lipinski definition) is 0. The van der Waals surface area contributed by atoms with Crippen LogP contribution in [0.5, 0.6) is 0 Å². The van der Waals surface area contributed by atoms with Crippen molar-refractivity contribution in [3.8, 4) is 0 Å². The summed E-state index contributed by atoms with van der Waals surface area (Å²) in [6, 6.07) is 9.09. The van der Waals surface area contributed by atoms with Gasteiger partial charge in [0.05, 0.1) is 13.1 Å². The quantitative estimate of drug-likeness (QED) is 0.0586. The number of quaternary nitrogens is 1.